The Kier molecular flexibility index (Phi) is 12.4. The van der Waals surface area contributed by atoms with Gasteiger partial charge in [-0.1, -0.05) is 164 Å². The Labute approximate surface area is 451 Å². The van der Waals surface area contributed by atoms with Crippen molar-refractivity contribution in [3.8, 4) is 108 Å². The number of hydrogen-bond donors (Lipinski definition) is 0. The van der Waals surface area contributed by atoms with Gasteiger partial charge in [-0.15, -0.1) is 0 Å². The first kappa shape index (κ1) is 48.6. The number of halogens is 3. The molecule has 0 saturated heterocycles. The molecule has 0 unspecified atom stereocenters. The highest BCUT2D eigenvalue weighted by Gasteiger charge is 2.35. The molecule has 0 aliphatic rings. The van der Waals surface area contributed by atoms with E-state index in [9.17, 15) is 10.5 Å². The van der Waals surface area contributed by atoms with Gasteiger partial charge in [0.2, 0.25) is 0 Å². The van der Waals surface area contributed by atoms with E-state index in [1.54, 1.807) is 30.3 Å². The number of hydrogen-bond acceptors (Lipinski definition) is 6. The van der Waals surface area contributed by atoms with Gasteiger partial charge in [0.1, 0.15) is 0 Å². The van der Waals surface area contributed by atoms with E-state index in [-0.39, 0.29) is 51.1 Å². The topological polar surface area (TPSA) is 113 Å². The number of benzene rings is 9. The van der Waals surface area contributed by atoms with Crippen LogP contribution in [0, 0.1) is 35.8 Å². The fraction of sp³-hybridized carbons (Fsp3) is 0.0149. The lowest BCUT2D eigenvalue weighted by molar-refractivity contribution is -0.137. The molecule has 3 aromatic heterocycles. The van der Waals surface area contributed by atoms with Crippen LogP contribution >= 0.6 is 0 Å². The second-order valence-corrected chi connectivity index (χ2v) is 18.5. The molecule has 0 fully saturated rings. The summed E-state index contributed by atoms with van der Waals surface area (Å²) in [6.45, 7) is 15.9. The molecule has 3 heterocycles. The molecule has 0 radical (unpaired) electrons. The first-order chi connectivity index (χ1) is 38.6. The van der Waals surface area contributed by atoms with Gasteiger partial charge in [0.25, 0.3) is 0 Å². The molecule has 79 heavy (non-hydrogen) atoms. The largest absolute Gasteiger partial charge is 0.416 e. The number of nitrogens with zero attached hydrogens (tertiary/aromatic N) is 9. The quantitative estimate of drug-likeness (QED) is 0.133. The van der Waals surface area contributed by atoms with Crippen LogP contribution in [-0.2, 0) is 6.18 Å². The SMILES string of the molecule is [C-]#[N+]c1ccc(-c2ccc3c4ccc(-c5ccc(C#N)cc5[N+]#[C-])cc4n(-c4c(-c5cc(-c6ccccc6)nc(-c6ccccc6)n5)cc(C(F)(F)F)cc4-c4nc(-c5ccccc5)cc(-c5ccccc5)n4)c3c2)c(C#N)c1. The predicted octanol–water partition coefficient (Wildman–Crippen LogP) is 17.6. The predicted molar refractivity (Wildman–Crippen MR) is 302 cm³/mol. The molecule has 9 aromatic carbocycles. The maximum Gasteiger partial charge on any atom is 0.416 e. The first-order valence-electron chi connectivity index (χ1n) is 24.8. The Morgan fingerprint density at radius 1 is 0.418 bits per heavy atom. The Hall–Kier alpha value is -11.3. The number of aromatic nitrogens is 5. The average Bonchev–Trinajstić information content (AvgIpc) is 3.94. The van der Waals surface area contributed by atoms with Crippen LogP contribution in [0.5, 0.6) is 0 Å². The van der Waals surface area contributed by atoms with Gasteiger partial charge in [0, 0.05) is 55.3 Å². The van der Waals surface area contributed by atoms with E-state index in [1.807, 2.05) is 168 Å². The summed E-state index contributed by atoms with van der Waals surface area (Å²) in [5, 5.41) is 21.7. The molecule has 0 aliphatic heterocycles. The zero-order chi connectivity index (χ0) is 54.2. The minimum atomic E-state index is -4.91. The maximum absolute atomic E-state index is 16.1. The highest BCUT2D eigenvalue weighted by molar-refractivity contribution is 6.13. The highest BCUT2D eigenvalue weighted by atomic mass is 19.4. The second-order valence-electron chi connectivity index (χ2n) is 18.5. The van der Waals surface area contributed by atoms with Crippen molar-refractivity contribution in [1.82, 2.24) is 24.5 Å². The van der Waals surface area contributed by atoms with Crippen LogP contribution in [0.1, 0.15) is 16.7 Å². The van der Waals surface area contributed by atoms with Crippen molar-refractivity contribution < 1.29 is 13.2 Å². The van der Waals surface area contributed by atoms with Crippen LogP contribution in [0.2, 0.25) is 0 Å². The van der Waals surface area contributed by atoms with Crippen LogP contribution in [0.4, 0.5) is 24.5 Å². The van der Waals surface area contributed by atoms with Gasteiger partial charge >= 0.3 is 6.18 Å². The minimum absolute atomic E-state index is 0.00914. The molecule has 0 bridgehead atoms. The van der Waals surface area contributed by atoms with Crippen LogP contribution in [-0.4, -0.2) is 24.5 Å². The third-order valence-corrected chi connectivity index (χ3v) is 13.8. The molecule has 0 atom stereocenters. The molecule has 370 valence electrons. The van der Waals surface area contributed by atoms with Crippen molar-refractivity contribution >= 4 is 33.2 Å². The molecular formula is C67H36F3N9. The van der Waals surface area contributed by atoms with Crippen molar-refractivity contribution in [2.45, 2.75) is 6.18 Å². The molecule has 0 saturated carbocycles. The van der Waals surface area contributed by atoms with Gasteiger partial charge in [-0.3, -0.25) is 0 Å². The van der Waals surface area contributed by atoms with Crippen molar-refractivity contribution in [1.29, 1.82) is 10.5 Å². The van der Waals surface area contributed by atoms with Gasteiger partial charge in [0.15, 0.2) is 23.0 Å². The number of nitriles is 2. The lowest BCUT2D eigenvalue weighted by Crippen LogP contribution is -2.11. The fourth-order valence-corrected chi connectivity index (χ4v) is 10.0. The van der Waals surface area contributed by atoms with E-state index >= 15 is 13.2 Å². The van der Waals surface area contributed by atoms with Crippen molar-refractivity contribution in [3.05, 3.63) is 258 Å². The van der Waals surface area contributed by atoms with Gasteiger partial charge in [-0.05, 0) is 76.9 Å². The van der Waals surface area contributed by atoms with Crippen LogP contribution in [0.3, 0.4) is 0 Å². The summed E-state index contributed by atoms with van der Waals surface area (Å²) in [5.74, 6) is 0.246. The minimum Gasteiger partial charge on any atom is -0.308 e. The lowest BCUT2D eigenvalue weighted by Gasteiger charge is -2.22. The van der Waals surface area contributed by atoms with Crippen molar-refractivity contribution in [3.63, 3.8) is 0 Å². The van der Waals surface area contributed by atoms with Crippen LogP contribution < -0.4 is 0 Å². The lowest BCUT2D eigenvalue weighted by atomic mass is 9.96. The summed E-state index contributed by atoms with van der Waals surface area (Å²) in [6.07, 6.45) is -4.91. The number of alkyl halides is 3. The first-order valence-corrected chi connectivity index (χ1v) is 24.8. The van der Waals surface area contributed by atoms with Gasteiger partial charge < -0.3 is 4.57 Å². The molecule has 12 aromatic rings. The Balaban J connectivity index is 1.29. The Bertz CT molecular complexity index is 4170. The smallest absolute Gasteiger partial charge is 0.308 e. The zero-order valence-corrected chi connectivity index (χ0v) is 41.4. The molecule has 0 aliphatic carbocycles. The zero-order valence-electron chi connectivity index (χ0n) is 41.4. The molecule has 0 spiro atoms. The normalized spacial score (nSPS) is 11.2. The molecule has 0 amide bonds. The number of rotatable bonds is 9. The monoisotopic (exact) mass is 1020 g/mol. The standard InChI is InChI=1S/C67H36F3N9/c1-73-50-26-30-51(48(32-50)40-72)46-24-28-53-54-29-25-47(52-27-23-41(39-71)31-60(52)74-2)34-63(54)79(62(53)33-46)64-55(61-38-59(44-19-11-5-12-20-44)75-65(78-61)45-21-13-6-14-22-45)35-49(67(68,69)70)36-56(64)66-76-57(42-15-7-3-8-16-42)37-58(77-66)43-17-9-4-10-18-43/h3-38H. The van der Waals surface area contributed by atoms with E-state index in [1.165, 1.54) is 12.1 Å². The molecule has 12 heteroatoms. The van der Waals surface area contributed by atoms with Crippen molar-refractivity contribution in [2.75, 3.05) is 0 Å². The number of fused-ring (bicyclic) bond motifs is 3. The highest BCUT2D eigenvalue weighted by Crippen LogP contribution is 2.47. The van der Waals surface area contributed by atoms with E-state index in [4.69, 9.17) is 33.1 Å². The summed E-state index contributed by atoms with van der Waals surface area (Å²) in [5.41, 5.74) is 7.95. The molecule has 9 nitrogen and oxygen atoms in total. The van der Waals surface area contributed by atoms with Gasteiger partial charge in [-0.2, -0.15) is 23.7 Å². The Morgan fingerprint density at radius 2 is 0.911 bits per heavy atom. The van der Waals surface area contributed by atoms with Gasteiger partial charge in [-0.25, -0.2) is 29.6 Å². The van der Waals surface area contributed by atoms with Gasteiger partial charge in [0.05, 0.1) is 70.3 Å². The third kappa shape index (κ3) is 9.15. The van der Waals surface area contributed by atoms with E-state index in [2.05, 4.69) is 21.8 Å². The van der Waals surface area contributed by atoms with Crippen molar-refractivity contribution in [2.24, 2.45) is 0 Å². The Morgan fingerprint density at radius 3 is 1.43 bits per heavy atom. The fourth-order valence-electron chi connectivity index (χ4n) is 10.0. The van der Waals surface area contributed by atoms with E-state index in [0.29, 0.717) is 89.0 Å². The van der Waals surface area contributed by atoms with Crippen LogP contribution in [0.25, 0.3) is 127 Å². The van der Waals surface area contributed by atoms with E-state index in [0.717, 1.165) is 12.1 Å². The summed E-state index contributed by atoms with van der Waals surface area (Å²) >= 11 is 0. The van der Waals surface area contributed by atoms with Crippen LogP contribution in [0.15, 0.2) is 218 Å². The summed E-state index contributed by atoms with van der Waals surface area (Å²) in [6, 6.07) is 68.6. The van der Waals surface area contributed by atoms with E-state index < -0.39 is 11.7 Å². The molecular weight excluding hydrogens is 988 g/mol. The summed E-state index contributed by atoms with van der Waals surface area (Å²) < 4.78 is 50.2. The average molecular weight is 1020 g/mol. The molecule has 12 rings (SSSR count). The summed E-state index contributed by atoms with van der Waals surface area (Å²) in [4.78, 5) is 27.9. The maximum atomic E-state index is 16.1. The third-order valence-electron chi connectivity index (χ3n) is 13.8. The molecule has 0 N–H and O–H groups in total. The summed E-state index contributed by atoms with van der Waals surface area (Å²) in [7, 11) is 0. The second kappa shape index (κ2) is 20.1.